The van der Waals surface area contributed by atoms with E-state index in [1.165, 1.54) is 6.07 Å². The first-order chi connectivity index (χ1) is 12.5. The summed E-state index contributed by atoms with van der Waals surface area (Å²) in [5.74, 6) is 0.900. The summed E-state index contributed by atoms with van der Waals surface area (Å²) >= 11 is 0. The minimum absolute atomic E-state index is 0.288. The average Bonchev–Trinajstić information content (AvgIpc) is 2.63. The lowest BCUT2D eigenvalue weighted by atomic mass is 10.2. The zero-order valence-electron chi connectivity index (χ0n) is 14.5. The standard InChI is InChI=1S/C20H19NO5/c1-3-24-16-9-6-15(7-10-16)21-20(23)13(2)25-17-8-4-14-5-11-19(22)26-18(14)12-17/h4-13H,3H2,1-2H3,(H,21,23)/t13-/m0/s1. The van der Waals surface area contributed by atoms with Crippen LogP contribution < -0.4 is 20.4 Å². The Bertz CT molecular complexity index is 962. The van der Waals surface area contributed by atoms with Crippen LogP contribution in [0.1, 0.15) is 13.8 Å². The third-order valence-electron chi connectivity index (χ3n) is 3.71. The van der Waals surface area contributed by atoms with Gasteiger partial charge in [0.05, 0.1) is 6.61 Å². The van der Waals surface area contributed by atoms with Crippen LogP contribution in [0, 0.1) is 0 Å². The van der Waals surface area contributed by atoms with E-state index >= 15 is 0 Å². The lowest BCUT2D eigenvalue weighted by Crippen LogP contribution is -2.30. The fourth-order valence-electron chi connectivity index (χ4n) is 2.42. The van der Waals surface area contributed by atoms with E-state index in [4.69, 9.17) is 13.9 Å². The Morgan fingerprint density at radius 2 is 1.77 bits per heavy atom. The van der Waals surface area contributed by atoms with Gasteiger partial charge in [0.15, 0.2) is 6.10 Å². The van der Waals surface area contributed by atoms with E-state index in [1.807, 2.05) is 6.92 Å². The number of hydrogen-bond donors (Lipinski definition) is 1. The molecular formula is C20H19NO5. The number of ether oxygens (including phenoxy) is 2. The second-order valence-electron chi connectivity index (χ2n) is 5.66. The van der Waals surface area contributed by atoms with Crippen molar-refractivity contribution in [2.75, 3.05) is 11.9 Å². The number of amides is 1. The first-order valence-corrected chi connectivity index (χ1v) is 8.29. The van der Waals surface area contributed by atoms with Gasteiger partial charge in [0.25, 0.3) is 5.91 Å². The third-order valence-corrected chi connectivity index (χ3v) is 3.71. The molecule has 0 saturated carbocycles. The molecule has 6 heteroatoms. The van der Waals surface area contributed by atoms with Gasteiger partial charge in [-0.2, -0.15) is 0 Å². The zero-order chi connectivity index (χ0) is 18.5. The Balaban J connectivity index is 1.66. The maximum Gasteiger partial charge on any atom is 0.336 e. The van der Waals surface area contributed by atoms with Crippen LogP contribution in [-0.4, -0.2) is 18.6 Å². The summed E-state index contributed by atoms with van der Waals surface area (Å²) in [5, 5.41) is 3.57. The summed E-state index contributed by atoms with van der Waals surface area (Å²) in [6.07, 6.45) is -0.727. The van der Waals surface area contributed by atoms with Crippen LogP contribution in [0.2, 0.25) is 0 Å². The molecule has 2 aromatic carbocycles. The van der Waals surface area contributed by atoms with E-state index in [-0.39, 0.29) is 5.91 Å². The normalized spacial score (nSPS) is 11.8. The van der Waals surface area contributed by atoms with Crippen LogP contribution in [0.5, 0.6) is 11.5 Å². The summed E-state index contributed by atoms with van der Waals surface area (Å²) in [7, 11) is 0. The van der Waals surface area contributed by atoms with Gasteiger partial charge < -0.3 is 19.2 Å². The summed E-state index contributed by atoms with van der Waals surface area (Å²) in [6.45, 7) is 4.14. The van der Waals surface area contributed by atoms with Gasteiger partial charge in [-0.25, -0.2) is 4.79 Å². The van der Waals surface area contributed by atoms with Crippen molar-refractivity contribution in [2.45, 2.75) is 20.0 Å². The summed E-state index contributed by atoms with van der Waals surface area (Å²) < 4.78 is 16.2. The van der Waals surface area contributed by atoms with Gasteiger partial charge >= 0.3 is 5.63 Å². The van der Waals surface area contributed by atoms with Gasteiger partial charge in [0, 0.05) is 23.2 Å². The number of fused-ring (bicyclic) bond motifs is 1. The van der Waals surface area contributed by atoms with Crippen LogP contribution in [0.3, 0.4) is 0 Å². The molecule has 0 unspecified atom stereocenters. The SMILES string of the molecule is CCOc1ccc(NC(=O)[C@H](C)Oc2ccc3ccc(=O)oc3c2)cc1. The van der Waals surface area contributed by atoms with Gasteiger partial charge in [-0.05, 0) is 56.3 Å². The maximum atomic E-state index is 12.3. The second-order valence-corrected chi connectivity index (χ2v) is 5.66. The highest BCUT2D eigenvalue weighted by Gasteiger charge is 2.15. The molecule has 26 heavy (non-hydrogen) atoms. The monoisotopic (exact) mass is 353 g/mol. The fraction of sp³-hybridized carbons (Fsp3) is 0.200. The Morgan fingerprint density at radius 3 is 2.50 bits per heavy atom. The van der Waals surface area contributed by atoms with Crippen molar-refractivity contribution in [1.82, 2.24) is 0 Å². The summed E-state index contributed by atoms with van der Waals surface area (Å²) in [5.41, 5.74) is 0.628. The number of hydrogen-bond acceptors (Lipinski definition) is 5. The molecule has 0 aliphatic heterocycles. The fourth-order valence-corrected chi connectivity index (χ4v) is 2.42. The van der Waals surface area contributed by atoms with Crippen molar-refractivity contribution < 1.29 is 18.7 Å². The molecule has 0 fully saturated rings. The maximum absolute atomic E-state index is 12.3. The van der Waals surface area contributed by atoms with E-state index in [2.05, 4.69) is 5.32 Å². The predicted octanol–water partition coefficient (Wildman–Crippen LogP) is 3.60. The van der Waals surface area contributed by atoms with E-state index in [0.29, 0.717) is 23.6 Å². The van der Waals surface area contributed by atoms with Gasteiger partial charge in [-0.1, -0.05) is 0 Å². The largest absolute Gasteiger partial charge is 0.494 e. The first-order valence-electron chi connectivity index (χ1n) is 8.29. The topological polar surface area (TPSA) is 77.8 Å². The third kappa shape index (κ3) is 4.22. The van der Waals surface area contributed by atoms with Crippen molar-refractivity contribution in [3.05, 3.63) is 65.0 Å². The van der Waals surface area contributed by atoms with Crippen molar-refractivity contribution >= 4 is 22.6 Å². The molecule has 0 saturated heterocycles. The van der Waals surface area contributed by atoms with Gasteiger partial charge in [0.1, 0.15) is 17.1 Å². The van der Waals surface area contributed by atoms with Crippen LogP contribution >= 0.6 is 0 Å². The van der Waals surface area contributed by atoms with Gasteiger partial charge in [-0.3, -0.25) is 4.79 Å². The molecule has 1 aromatic heterocycles. The Labute approximate surface area is 150 Å². The molecular weight excluding hydrogens is 334 g/mol. The van der Waals surface area contributed by atoms with Gasteiger partial charge in [-0.15, -0.1) is 0 Å². The quantitative estimate of drug-likeness (QED) is 0.685. The molecule has 3 rings (SSSR count). The van der Waals surface area contributed by atoms with E-state index in [0.717, 1.165) is 11.1 Å². The molecule has 0 spiro atoms. The Kier molecular flexibility index (Phi) is 5.22. The molecule has 1 heterocycles. The molecule has 0 aliphatic rings. The summed E-state index contributed by atoms with van der Waals surface area (Å²) in [4.78, 5) is 23.6. The van der Waals surface area contributed by atoms with Crippen molar-refractivity contribution in [2.24, 2.45) is 0 Å². The van der Waals surface area contributed by atoms with Crippen molar-refractivity contribution in [1.29, 1.82) is 0 Å². The predicted molar refractivity (Wildman–Crippen MR) is 98.8 cm³/mol. The lowest BCUT2D eigenvalue weighted by molar-refractivity contribution is -0.122. The van der Waals surface area contributed by atoms with E-state index in [1.54, 1.807) is 55.5 Å². The molecule has 0 aliphatic carbocycles. The molecule has 1 amide bonds. The van der Waals surface area contributed by atoms with Crippen molar-refractivity contribution in [3.8, 4) is 11.5 Å². The van der Waals surface area contributed by atoms with Crippen molar-refractivity contribution in [3.63, 3.8) is 0 Å². The molecule has 1 atom stereocenters. The molecule has 3 aromatic rings. The smallest absolute Gasteiger partial charge is 0.336 e. The molecule has 0 radical (unpaired) electrons. The number of nitrogens with one attached hydrogen (secondary N) is 1. The number of carbonyl (C=O) groups excluding carboxylic acids is 1. The molecule has 6 nitrogen and oxygen atoms in total. The highest BCUT2D eigenvalue weighted by molar-refractivity contribution is 5.94. The molecule has 134 valence electrons. The van der Waals surface area contributed by atoms with E-state index < -0.39 is 11.7 Å². The Hall–Kier alpha value is -3.28. The Morgan fingerprint density at radius 1 is 1.08 bits per heavy atom. The highest BCUT2D eigenvalue weighted by atomic mass is 16.5. The summed E-state index contributed by atoms with van der Waals surface area (Å²) in [6, 6.07) is 15.2. The minimum Gasteiger partial charge on any atom is -0.494 e. The molecule has 1 N–H and O–H groups in total. The number of carbonyl (C=O) groups is 1. The van der Waals surface area contributed by atoms with Crippen LogP contribution in [0.15, 0.2) is 63.8 Å². The number of anilines is 1. The number of benzene rings is 2. The van der Waals surface area contributed by atoms with Crippen LogP contribution in [-0.2, 0) is 4.79 Å². The average molecular weight is 353 g/mol. The zero-order valence-corrected chi connectivity index (χ0v) is 14.5. The first kappa shape index (κ1) is 17.5. The minimum atomic E-state index is -0.727. The second kappa shape index (κ2) is 7.74. The van der Waals surface area contributed by atoms with E-state index in [9.17, 15) is 9.59 Å². The van der Waals surface area contributed by atoms with Crippen LogP contribution in [0.25, 0.3) is 11.0 Å². The lowest BCUT2D eigenvalue weighted by Gasteiger charge is -2.15. The number of rotatable bonds is 6. The van der Waals surface area contributed by atoms with Gasteiger partial charge in [0.2, 0.25) is 0 Å². The molecule has 0 bridgehead atoms. The highest BCUT2D eigenvalue weighted by Crippen LogP contribution is 2.21. The van der Waals surface area contributed by atoms with Crippen LogP contribution in [0.4, 0.5) is 5.69 Å².